The lowest BCUT2D eigenvalue weighted by Gasteiger charge is -2.21. The molecule has 2 bridgehead atoms. The van der Waals surface area contributed by atoms with Gasteiger partial charge in [0.05, 0.1) is 23.1 Å². The molecular formula is C15H22N2O3S. The molecule has 3 atom stereocenters. The summed E-state index contributed by atoms with van der Waals surface area (Å²) in [6.07, 6.45) is 3.07. The fraction of sp³-hybridized carbons (Fsp3) is 0.600. The molecule has 2 fully saturated rings. The van der Waals surface area contributed by atoms with E-state index in [2.05, 4.69) is 10.0 Å². The van der Waals surface area contributed by atoms with Gasteiger partial charge in [-0.1, -0.05) is 0 Å². The third-order valence-electron chi connectivity index (χ3n) is 4.43. The summed E-state index contributed by atoms with van der Waals surface area (Å²) >= 11 is 0. The number of nitrogens with one attached hydrogen (secondary N) is 2. The average Bonchev–Trinajstić information content (AvgIpc) is 2.98. The van der Waals surface area contributed by atoms with E-state index in [1.807, 2.05) is 33.0 Å². The largest absolute Gasteiger partial charge is 0.388 e. The lowest BCUT2D eigenvalue weighted by molar-refractivity contribution is 0.0996. The van der Waals surface area contributed by atoms with Crippen molar-refractivity contribution < 1.29 is 13.2 Å². The van der Waals surface area contributed by atoms with Gasteiger partial charge in [0, 0.05) is 12.7 Å². The van der Waals surface area contributed by atoms with E-state index in [9.17, 15) is 8.42 Å². The summed E-state index contributed by atoms with van der Waals surface area (Å²) < 4.78 is 34.0. The number of rotatable bonds is 4. The molecular weight excluding hydrogens is 288 g/mol. The minimum Gasteiger partial charge on any atom is -0.388 e. The molecule has 21 heavy (non-hydrogen) atoms. The number of anilines is 1. The van der Waals surface area contributed by atoms with Crippen molar-refractivity contribution in [3.8, 4) is 0 Å². The lowest BCUT2D eigenvalue weighted by Crippen LogP contribution is -2.41. The number of hydrogen-bond acceptors (Lipinski definition) is 4. The van der Waals surface area contributed by atoms with Gasteiger partial charge in [0.15, 0.2) is 0 Å². The molecule has 0 radical (unpaired) electrons. The Balaban J connectivity index is 1.88. The zero-order chi connectivity index (χ0) is 15.2. The lowest BCUT2D eigenvalue weighted by atomic mass is 9.96. The summed E-state index contributed by atoms with van der Waals surface area (Å²) in [6.45, 7) is 3.67. The fourth-order valence-corrected chi connectivity index (χ4v) is 5.27. The summed E-state index contributed by atoms with van der Waals surface area (Å²) in [5.74, 6) is 0. The molecule has 2 heterocycles. The topological polar surface area (TPSA) is 67.4 Å². The van der Waals surface area contributed by atoms with Crippen LogP contribution in [0.5, 0.6) is 0 Å². The van der Waals surface area contributed by atoms with Crippen molar-refractivity contribution in [2.45, 2.75) is 56.3 Å². The van der Waals surface area contributed by atoms with E-state index < -0.39 is 10.0 Å². The van der Waals surface area contributed by atoms with E-state index in [0.29, 0.717) is 4.90 Å². The van der Waals surface area contributed by atoms with Crippen LogP contribution in [0.3, 0.4) is 0 Å². The monoisotopic (exact) mass is 310 g/mol. The smallest absolute Gasteiger partial charge is 0.241 e. The van der Waals surface area contributed by atoms with Crippen molar-refractivity contribution in [1.29, 1.82) is 0 Å². The molecule has 3 unspecified atom stereocenters. The van der Waals surface area contributed by atoms with Crippen molar-refractivity contribution in [1.82, 2.24) is 4.72 Å². The van der Waals surface area contributed by atoms with Gasteiger partial charge in [-0.3, -0.25) is 0 Å². The van der Waals surface area contributed by atoms with E-state index in [1.165, 1.54) is 0 Å². The van der Waals surface area contributed by atoms with Gasteiger partial charge in [-0.25, -0.2) is 13.1 Å². The van der Waals surface area contributed by atoms with Crippen LogP contribution in [0.25, 0.3) is 0 Å². The first-order chi connectivity index (χ1) is 9.90. The zero-order valence-electron chi connectivity index (χ0n) is 12.6. The standard InChI is InChI=1S/C15H22N2O3S/c1-9-6-11(16-3)7-10(2)15(9)21(18,19)17-13-8-12-4-5-14(13)20-12/h6-7,12-14,16-17H,4-5,8H2,1-3H3. The molecule has 0 spiro atoms. The van der Waals surface area contributed by atoms with Gasteiger partial charge >= 0.3 is 0 Å². The second-order valence-corrected chi connectivity index (χ2v) is 7.68. The maximum absolute atomic E-state index is 12.7. The molecule has 0 amide bonds. The Morgan fingerprint density at radius 2 is 1.86 bits per heavy atom. The normalized spacial score (nSPS) is 28.0. The second kappa shape index (κ2) is 5.26. The number of aryl methyl sites for hydroxylation is 2. The van der Waals surface area contributed by atoms with Crippen molar-refractivity contribution >= 4 is 15.7 Å². The van der Waals surface area contributed by atoms with Crippen LogP contribution in [0.2, 0.25) is 0 Å². The third kappa shape index (κ3) is 2.67. The molecule has 2 aliphatic rings. The average molecular weight is 310 g/mol. The number of fused-ring (bicyclic) bond motifs is 2. The first-order valence-electron chi connectivity index (χ1n) is 7.37. The Labute approximate surface area is 126 Å². The summed E-state index contributed by atoms with van der Waals surface area (Å²) in [6, 6.07) is 3.63. The SMILES string of the molecule is CNc1cc(C)c(S(=O)(=O)NC2CC3CCC2O3)c(C)c1. The van der Waals surface area contributed by atoms with E-state index in [0.717, 1.165) is 36.1 Å². The number of sulfonamides is 1. The number of hydrogen-bond donors (Lipinski definition) is 2. The highest BCUT2D eigenvalue weighted by Crippen LogP contribution is 2.35. The van der Waals surface area contributed by atoms with Gasteiger partial charge in [0.2, 0.25) is 10.0 Å². The van der Waals surface area contributed by atoms with Crippen molar-refractivity contribution in [2.24, 2.45) is 0 Å². The highest BCUT2D eigenvalue weighted by Gasteiger charge is 2.42. The summed E-state index contributed by atoms with van der Waals surface area (Å²) in [5.41, 5.74) is 2.44. The molecule has 5 nitrogen and oxygen atoms in total. The first-order valence-corrected chi connectivity index (χ1v) is 8.86. The van der Waals surface area contributed by atoms with Gasteiger partial charge < -0.3 is 10.1 Å². The molecule has 2 aliphatic heterocycles. The molecule has 1 aromatic carbocycles. The molecule has 2 saturated heterocycles. The quantitative estimate of drug-likeness (QED) is 0.892. The molecule has 0 aliphatic carbocycles. The number of benzene rings is 1. The van der Waals surface area contributed by atoms with Crippen molar-refractivity contribution in [2.75, 3.05) is 12.4 Å². The molecule has 6 heteroatoms. The van der Waals surface area contributed by atoms with Crippen LogP contribution in [0.4, 0.5) is 5.69 Å². The van der Waals surface area contributed by atoms with Crippen LogP contribution in [0.1, 0.15) is 30.4 Å². The van der Waals surface area contributed by atoms with Crippen molar-refractivity contribution in [3.05, 3.63) is 23.3 Å². The van der Waals surface area contributed by atoms with E-state index in [4.69, 9.17) is 4.74 Å². The minimum atomic E-state index is -3.51. The molecule has 0 saturated carbocycles. The van der Waals surface area contributed by atoms with Crippen LogP contribution in [-0.4, -0.2) is 33.7 Å². The van der Waals surface area contributed by atoms with Crippen LogP contribution in [-0.2, 0) is 14.8 Å². The van der Waals surface area contributed by atoms with Gasteiger partial charge in [-0.15, -0.1) is 0 Å². The highest BCUT2D eigenvalue weighted by molar-refractivity contribution is 7.89. The minimum absolute atomic E-state index is 0.0435. The molecule has 0 aromatic heterocycles. The Morgan fingerprint density at radius 1 is 1.19 bits per heavy atom. The highest BCUT2D eigenvalue weighted by atomic mass is 32.2. The predicted molar refractivity (Wildman–Crippen MR) is 82.1 cm³/mol. The van der Waals surface area contributed by atoms with E-state index in [-0.39, 0.29) is 18.2 Å². The fourth-order valence-electron chi connectivity index (χ4n) is 3.54. The van der Waals surface area contributed by atoms with Gasteiger partial charge in [-0.2, -0.15) is 0 Å². The Morgan fingerprint density at radius 3 is 2.33 bits per heavy atom. The molecule has 116 valence electrons. The molecule has 1 aromatic rings. The summed E-state index contributed by atoms with van der Waals surface area (Å²) in [4.78, 5) is 0.393. The van der Waals surface area contributed by atoms with Crippen LogP contribution < -0.4 is 10.0 Å². The van der Waals surface area contributed by atoms with Gasteiger partial charge in [-0.05, 0) is 56.4 Å². The van der Waals surface area contributed by atoms with Crippen LogP contribution in [0, 0.1) is 13.8 Å². The Kier molecular flexibility index (Phi) is 3.71. The Bertz CT molecular complexity index is 634. The second-order valence-electron chi connectivity index (χ2n) is 6.03. The van der Waals surface area contributed by atoms with Crippen LogP contribution in [0.15, 0.2) is 17.0 Å². The maximum atomic E-state index is 12.7. The predicted octanol–water partition coefficient (Wildman–Crippen LogP) is 1.94. The summed E-state index contributed by atoms with van der Waals surface area (Å²) in [7, 11) is -1.68. The van der Waals surface area contributed by atoms with E-state index >= 15 is 0 Å². The third-order valence-corrected chi connectivity index (χ3v) is 6.22. The molecule has 3 rings (SSSR count). The summed E-state index contributed by atoms with van der Waals surface area (Å²) in [5, 5.41) is 3.05. The first kappa shape index (κ1) is 14.8. The van der Waals surface area contributed by atoms with E-state index in [1.54, 1.807) is 0 Å². The van der Waals surface area contributed by atoms with Crippen LogP contribution >= 0.6 is 0 Å². The zero-order valence-corrected chi connectivity index (χ0v) is 13.5. The van der Waals surface area contributed by atoms with Gasteiger partial charge in [0.25, 0.3) is 0 Å². The molecule has 2 N–H and O–H groups in total. The maximum Gasteiger partial charge on any atom is 0.241 e. The van der Waals surface area contributed by atoms with Gasteiger partial charge in [0.1, 0.15) is 0 Å². The number of ether oxygens (including phenoxy) is 1. The Hall–Kier alpha value is -1.11. The van der Waals surface area contributed by atoms with Crippen molar-refractivity contribution in [3.63, 3.8) is 0 Å².